The molecule has 2 N–H and O–H groups in total. The molecule has 2 rings (SSSR count). The molecule has 1 atom stereocenters. The lowest BCUT2D eigenvalue weighted by atomic mass is 10.2. The molecule has 5 heteroatoms. The van der Waals surface area contributed by atoms with Crippen molar-refractivity contribution in [2.75, 3.05) is 0 Å². The zero-order valence-corrected chi connectivity index (χ0v) is 10.9. The molecule has 1 aromatic heterocycles. The molecule has 18 heavy (non-hydrogen) atoms. The van der Waals surface area contributed by atoms with Gasteiger partial charge in [-0.1, -0.05) is 23.7 Å². The summed E-state index contributed by atoms with van der Waals surface area (Å²) in [6, 6.07) is 4.87. The lowest BCUT2D eigenvalue weighted by Gasteiger charge is -2.05. The average molecular weight is 268 g/mol. The van der Waals surface area contributed by atoms with Crippen LogP contribution in [0.4, 0.5) is 4.39 Å². The lowest BCUT2D eigenvalue weighted by molar-refractivity contribution is 0.624. The van der Waals surface area contributed by atoms with Crippen LogP contribution in [0.5, 0.6) is 0 Å². The molecule has 96 valence electrons. The second-order valence-corrected chi connectivity index (χ2v) is 4.81. The zero-order valence-electron chi connectivity index (χ0n) is 10.1. The normalized spacial score (nSPS) is 12.7. The standard InChI is InChI=1S/C13H15ClFN3/c1-9(16)5-11-7-18(8-17-11)6-10-3-2-4-12(15)13(10)14/h2-4,7-9H,5-6,16H2,1H3. The Morgan fingerprint density at radius 3 is 3.00 bits per heavy atom. The maximum atomic E-state index is 13.3. The van der Waals surface area contributed by atoms with Crippen LogP contribution in [-0.4, -0.2) is 15.6 Å². The first-order valence-corrected chi connectivity index (χ1v) is 6.13. The number of imidazole rings is 1. The van der Waals surface area contributed by atoms with E-state index < -0.39 is 5.82 Å². The predicted octanol–water partition coefficient (Wildman–Crippen LogP) is 2.61. The average Bonchev–Trinajstić information content (AvgIpc) is 2.71. The van der Waals surface area contributed by atoms with E-state index in [9.17, 15) is 4.39 Å². The number of hydrogen-bond acceptors (Lipinski definition) is 2. The largest absolute Gasteiger partial charge is 0.333 e. The Bertz CT molecular complexity index is 537. The van der Waals surface area contributed by atoms with E-state index in [1.54, 1.807) is 18.5 Å². The van der Waals surface area contributed by atoms with Gasteiger partial charge in [-0.2, -0.15) is 0 Å². The van der Waals surface area contributed by atoms with Crippen molar-refractivity contribution >= 4 is 11.6 Å². The van der Waals surface area contributed by atoms with Gasteiger partial charge in [0.25, 0.3) is 0 Å². The van der Waals surface area contributed by atoms with E-state index in [-0.39, 0.29) is 11.1 Å². The summed E-state index contributed by atoms with van der Waals surface area (Å²) in [7, 11) is 0. The third-order valence-electron chi connectivity index (χ3n) is 2.60. The van der Waals surface area contributed by atoms with Gasteiger partial charge in [0.15, 0.2) is 0 Å². The number of rotatable bonds is 4. The number of halogens is 2. The van der Waals surface area contributed by atoms with Gasteiger partial charge >= 0.3 is 0 Å². The summed E-state index contributed by atoms with van der Waals surface area (Å²) in [6.45, 7) is 2.44. The molecule has 3 nitrogen and oxygen atoms in total. The van der Waals surface area contributed by atoms with E-state index >= 15 is 0 Å². The maximum absolute atomic E-state index is 13.3. The van der Waals surface area contributed by atoms with Crippen LogP contribution < -0.4 is 5.73 Å². The molecule has 0 saturated carbocycles. The fraction of sp³-hybridized carbons (Fsp3) is 0.308. The Hall–Kier alpha value is -1.39. The van der Waals surface area contributed by atoms with Gasteiger partial charge in [-0.3, -0.25) is 0 Å². The molecule has 2 aromatic rings. The van der Waals surface area contributed by atoms with Crippen LogP contribution in [0, 0.1) is 5.82 Å². The Morgan fingerprint density at radius 1 is 1.50 bits per heavy atom. The molecule has 0 spiro atoms. The van der Waals surface area contributed by atoms with E-state index in [2.05, 4.69) is 4.98 Å². The van der Waals surface area contributed by atoms with Gasteiger partial charge in [-0.25, -0.2) is 9.37 Å². The Kier molecular flexibility index (Phi) is 3.99. The maximum Gasteiger partial charge on any atom is 0.142 e. The molecular weight excluding hydrogens is 253 g/mol. The van der Waals surface area contributed by atoms with Crippen molar-refractivity contribution in [2.24, 2.45) is 5.73 Å². The van der Waals surface area contributed by atoms with E-state index in [1.807, 2.05) is 17.7 Å². The number of aromatic nitrogens is 2. The Labute approximate surface area is 110 Å². The topological polar surface area (TPSA) is 43.8 Å². The number of nitrogens with zero attached hydrogens (tertiary/aromatic N) is 2. The second kappa shape index (κ2) is 5.50. The minimum absolute atomic E-state index is 0.0751. The molecule has 0 amide bonds. The van der Waals surface area contributed by atoms with Crippen LogP contribution in [0.2, 0.25) is 5.02 Å². The highest BCUT2D eigenvalue weighted by molar-refractivity contribution is 6.31. The van der Waals surface area contributed by atoms with Crippen molar-refractivity contribution in [1.29, 1.82) is 0 Å². The van der Waals surface area contributed by atoms with Crippen LogP contribution in [0.25, 0.3) is 0 Å². The molecule has 0 radical (unpaired) electrons. The highest BCUT2D eigenvalue weighted by Gasteiger charge is 2.07. The smallest absolute Gasteiger partial charge is 0.142 e. The van der Waals surface area contributed by atoms with Crippen molar-refractivity contribution < 1.29 is 4.39 Å². The first kappa shape index (κ1) is 13.1. The van der Waals surface area contributed by atoms with Gasteiger partial charge in [0, 0.05) is 18.7 Å². The van der Waals surface area contributed by atoms with E-state index in [4.69, 9.17) is 17.3 Å². The highest BCUT2D eigenvalue weighted by atomic mass is 35.5. The van der Waals surface area contributed by atoms with Gasteiger partial charge in [-0.05, 0) is 18.6 Å². The number of hydrogen-bond donors (Lipinski definition) is 1. The fourth-order valence-corrected chi connectivity index (χ4v) is 1.98. The summed E-state index contributed by atoms with van der Waals surface area (Å²) in [4.78, 5) is 4.25. The van der Waals surface area contributed by atoms with Gasteiger partial charge in [0.2, 0.25) is 0 Å². The summed E-state index contributed by atoms with van der Waals surface area (Å²) in [5, 5.41) is 0.167. The third-order valence-corrected chi connectivity index (χ3v) is 3.03. The predicted molar refractivity (Wildman–Crippen MR) is 70.1 cm³/mol. The van der Waals surface area contributed by atoms with Crippen LogP contribution in [0.15, 0.2) is 30.7 Å². The monoisotopic (exact) mass is 267 g/mol. The lowest BCUT2D eigenvalue weighted by Crippen LogP contribution is -2.17. The SMILES string of the molecule is CC(N)Cc1cn(Cc2cccc(F)c2Cl)cn1. The van der Waals surface area contributed by atoms with Gasteiger partial charge < -0.3 is 10.3 Å². The van der Waals surface area contributed by atoms with Gasteiger partial charge in [0.1, 0.15) is 5.82 Å². The minimum atomic E-state index is -0.398. The van der Waals surface area contributed by atoms with Crippen LogP contribution >= 0.6 is 11.6 Å². The van der Waals surface area contributed by atoms with E-state index in [1.165, 1.54) is 6.07 Å². The molecular formula is C13H15ClFN3. The minimum Gasteiger partial charge on any atom is -0.333 e. The molecule has 0 aliphatic carbocycles. The zero-order chi connectivity index (χ0) is 13.1. The van der Waals surface area contributed by atoms with Crippen molar-refractivity contribution in [3.8, 4) is 0 Å². The molecule has 1 unspecified atom stereocenters. The first-order chi connectivity index (χ1) is 8.56. The van der Waals surface area contributed by atoms with E-state index in [0.29, 0.717) is 6.54 Å². The molecule has 0 aliphatic rings. The van der Waals surface area contributed by atoms with Crippen molar-refractivity contribution in [3.63, 3.8) is 0 Å². The van der Waals surface area contributed by atoms with Crippen molar-refractivity contribution in [3.05, 3.63) is 52.8 Å². The molecule has 1 aromatic carbocycles. The van der Waals surface area contributed by atoms with E-state index in [0.717, 1.165) is 17.7 Å². The molecule has 0 bridgehead atoms. The van der Waals surface area contributed by atoms with Gasteiger partial charge in [0.05, 0.1) is 23.6 Å². The fourth-order valence-electron chi connectivity index (χ4n) is 1.80. The van der Waals surface area contributed by atoms with Crippen molar-refractivity contribution in [1.82, 2.24) is 9.55 Å². The quantitative estimate of drug-likeness (QED) is 0.925. The first-order valence-electron chi connectivity index (χ1n) is 5.75. The Morgan fingerprint density at radius 2 is 2.28 bits per heavy atom. The molecule has 0 aliphatic heterocycles. The van der Waals surface area contributed by atoms with Crippen LogP contribution in [0.1, 0.15) is 18.2 Å². The summed E-state index contributed by atoms with van der Waals surface area (Å²) < 4.78 is 15.2. The highest BCUT2D eigenvalue weighted by Crippen LogP contribution is 2.20. The summed E-state index contributed by atoms with van der Waals surface area (Å²) in [6.07, 6.45) is 4.34. The third kappa shape index (κ3) is 3.09. The molecule has 0 saturated heterocycles. The van der Waals surface area contributed by atoms with Gasteiger partial charge in [-0.15, -0.1) is 0 Å². The molecule has 1 heterocycles. The van der Waals surface area contributed by atoms with Crippen molar-refractivity contribution in [2.45, 2.75) is 25.9 Å². The Balaban J connectivity index is 2.14. The summed E-state index contributed by atoms with van der Waals surface area (Å²) in [5.74, 6) is -0.398. The second-order valence-electron chi connectivity index (χ2n) is 4.43. The number of benzene rings is 1. The number of nitrogens with two attached hydrogens (primary N) is 1. The molecule has 0 fully saturated rings. The summed E-state index contributed by atoms with van der Waals surface area (Å²) >= 11 is 5.91. The van der Waals surface area contributed by atoms with Crippen LogP contribution in [0.3, 0.4) is 0 Å². The summed E-state index contributed by atoms with van der Waals surface area (Å²) in [5.41, 5.74) is 7.38. The van der Waals surface area contributed by atoms with Crippen LogP contribution in [-0.2, 0) is 13.0 Å².